The van der Waals surface area contributed by atoms with Gasteiger partial charge in [-0.15, -0.1) is 0 Å². The zero-order chi connectivity index (χ0) is 17.3. The molecule has 0 unspecified atom stereocenters. The Balaban J connectivity index is 2.56. The Kier molecular flexibility index (Phi) is 4.55. The molecule has 1 amide bonds. The average Bonchev–Trinajstić information content (AvgIpc) is 2.50. The summed E-state index contributed by atoms with van der Waals surface area (Å²) in [4.78, 5) is 52.0. The van der Waals surface area contributed by atoms with Crippen molar-refractivity contribution in [1.29, 1.82) is 0 Å². The molecule has 2 aromatic rings. The van der Waals surface area contributed by atoms with Crippen LogP contribution in [0.4, 0.5) is 11.4 Å². The first-order chi connectivity index (χ1) is 10.7. The summed E-state index contributed by atoms with van der Waals surface area (Å²) in [5.41, 5.74) is -1.90. The van der Waals surface area contributed by atoms with Gasteiger partial charge in [0.1, 0.15) is 21.4 Å². The van der Waals surface area contributed by atoms with E-state index < -0.39 is 22.5 Å². The number of aromatic amines is 2. The lowest BCUT2D eigenvalue weighted by atomic mass is 10.2. The summed E-state index contributed by atoms with van der Waals surface area (Å²) in [6.07, 6.45) is 2.58. The van der Waals surface area contributed by atoms with E-state index in [1.807, 2.05) is 0 Å². The SMILES string of the molecule is CN(C)C(=O)c1c[nH]cc(Nc2c(Br)c(=O)n(C)[nH]c2=O)c1=O. The summed E-state index contributed by atoms with van der Waals surface area (Å²) in [5, 5.41) is 4.90. The highest BCUT2D eigenvalue weighted by Crippen LogP contribution is 2.16. The Hall–Kier alpha value is -2.62. The Morgan fingerprint density at radius 3 is 2.52 bits per heavy atom. The maximum absolute atomic E-state index is 12.4. The van der Waals surface area contributed by atoms with Crippen molar-refractivity contribution in [2.24, 2.45) is 7.05 Å². The lowest BCUT2D eigenvalue weighted by molar-refractivity contribution is 0.0826. The van der Waals surface area contributed by atoms with Crippen molar-refractivity contribution in [3.05, 3.63) is 53.4 Å². The molecule has 0 saturated heterocycles. The second-order valence-corrected chi connectivity index (χ2v) is 5.72. The van der Waals surface area contributed by atoms with Gasteiger partial charge in [-0.2, -0.15) is 0 Å². The zero-order valence-corrected chi connectivity index (χ0v) is 14.1. The number of hydrogen-bond acceptors (Lipinski definition) is 5. The summed E-state index contributed by atoms with van der Waals surface area (Å²) in [6.45, 7) is 0. The minimum atomic E-state index is -0.595. The maximum atomic E-state index is 12.4. The highest BCUT2D eigenvalue weighted by Gasteiger charge is 2.17. The van der Waals surface area contributed by atoms with Crippen LogP contribution in [0.1, 0.15) is 10.4 Å². The molecule has 9 nitrogen and oxygen atoms in total. The number of carbonyl (C=O) groups excluding carboxylic acids is 1. The van der Waals surface area contributed by atoms with Gasteiger partial charge in [0.05, 0.1) is 0 Å². The number of H-pyrrole nitrogens is 2. The van der Waals surface area contributed by atoms with E-state index in [0.717, 1.165) is 4.68 Å². The fourth-order valence-corrected chi connectivity index (χ4v) is 2.38. The van der Waals surface area contributed by atoms with Gasteiger partial charge in [0, 0.05) is 33.5 Å². The number of halogens is 1. The molecule has 2 aromatic heterocycles. The normalized spacial score (nSPS) is 10.4. The molecular weight excluding hydrogens is 370 g/mol. The van der Waals surface area contributed by atoms with Crippen LogP contribution in [0.2, 0.25) is 0 Å². The van der Waals surface area contributed by atoms with Crippen molar-refractivity contribution in [3.8, 4) is 0 Å². The number of pyridine rings is 1. The van der Waals surface area contributed by atoms with Crippen LogP contribution in [-0.4, -0.2) is 39.7 Å². The minimum absolute atomic E-state index is 0.0208. The molecule has 0 aromatic carbocycles. The van der Waals surface area contributed by atoms with Crippen LogP contribution in [0.5, 0.6) is 0 Å². The molecule has 10 heteroatoms. The summed E-state index contributed by atoms with van der Waals surface area (Å²) in [5.74, 6) is -0.480. The molecule has 0 atom stereocenters. The molecule has 0 bridgehead atoms. The number of rotatable bonds is 3. The van der Waals surface area contributed by atoms with Crippen LogP contribution in [0, 0.1) is 0 Å². The number of hydrogen-bond donors (Lipinski definition) is 3. The van der Waals surface area contributed by atoms with E-state index in [9.17, 15) is 19.2 Å². The van der Waals surface area contributed by atoms with E-state index in [-0.39, 0.29) is 21.4 Å². The largest absolute Gasteiger partial charge is 0.365 e. The highest BCUT2D eigenvalue weighted by atomic mass is 79.9. The van der Waals surface area contributed by atoms with Crippen LogP contribution >= 0.6 is 15.9 Å². The Morgan fingerprint density at radius 2 is 1.91 bits per heavy atom. The molecule has 2 rings (SSSR count). The molecule has 0 saturated carbocycles. The smallest absolute Gasteiger partial charge is 0.287 e. The lowest BCUT2D eigenvalue weighted by Gasteiger charge is -2.11. The van der Waals surface area contributed by atoms with Crippen LogP contribution in [0.25, 0.3) is 0 Å². The second kappa shape index (κ2) is 6.24. The minimum Gasteiger partial charge on any atom is -0.365 e. The third-order valence-corrected chi connectivity index (χ3v) is 3.78. The molecule has 122 valence electrons. The molecule has 0 aliphatic rings. The number of anilines is 2. The Labute approximate surface area is 138 Å². The van der Waals surface area contributed by atoms with Crippen molar-refractivity contribution >= 4 is 33.2 Å². The first kappa shape index (κ1) is 16.7. The van der Waals surface area contributed by atoms with E-state index in [1.54, 1.807) is 0 Å². The first-order valence-corrected chi connectivity index (χ1v) is 7.22. The van der Waals surface area contributed by atoms with E-state index in [4.69, 9.17) is 0 Å². The predicted octanol–water partition coefficient (Wildman–Crippen LogP) is -0.0302. The summed E-state index contributed by atoms with van der Waals surface area (Å²) in [6, 6.07) is 0. The van der Waals surface area contributed by atoms with Gasteiger partial charge >= 0.3 is 0 Å². The van der Waals surface area contributed by atoms with Crippen molar-refractivity contribution in [2.75, 3.05) is 19.4 Å². The van der Waals surface area contributed by atoms with Crippen molar-refractivity contribution < 1.29 is 4.79 Å². The summed E-state index contributed by atoms with van der Waals surface area (Å²) < 4.78 is 0.987. The Morgan fingerprint density at radius 1 is 1.26 bits per heavy atom. The molecule has 0 fully saturated rings. The van der Waals surface area contributed by atoms with Gasteiger partial charge in [0.15, 0.2) is 0 Å². The molecule has 2 heterocycles. The van der Waals surface area contributed by atoms with Crippen molar-refractivity contribution in [2.45, 2.75) is 0 Å². The fourth-order valence-electron chi connectivity index (χ4n) is 1.84. The van der Waals surface area contributed by atoms with Crippen LogP contribution < -0.4 is 21.9 Å². The van der Waals surface area contributed by atoms with Crippen LogP contribution in [-0.2, 0) is 7.05 Å². The molecular formula is C13H14BrN5O4. The number of nitrogens with one attached hydrogen (secondary N) is 3. The van der Waals surface area contributed by atoms with Gasteiger partial charge in [-0.1, -0.05) is 0 Å². The van der Waals surface area contributed by atoms with Gasteiger partial charge in [-0.05, 0) is 15.9 Å². The third kappa shape index (κ3) is 3.11. The van der Waals surface area contributed by atoms with Crippen molar-refractivity contribution in [1.82, 2.24) is 19.7 Å². The quantitative estimate of drug-likeness (QED) is 0.687. The standard InChI is InChI=1S/C13H14BrN5O4/c1-18(2)12(22)6-4-15-5-7(10(6)20)16-9-8(14)13(23)19(3)17-11(9)21/h4-5,16H,1-3H3,(H,15,20)(H,17,21). The third-order valence-electron chi connectivity index (χ3n) is 3.05. The molecule has 0 aliphatic carbocycles. The van der Waals surface area contributed by atoms with Gasteiger partial charge in [-0.3, -0.25) is 29.0 Å². The van der Waals surface area contributed by atoms with Gasteiger partial charge in [-0.25, -0.2) is 0 Å². The van der Waals surface area contributed by atoms with Gasteiger partial charge in [0.2, 0.25) is 5.43 Å². The predicted molar refractivity (Wildman–Crippen MR) is 88.4 cm³/mol. The number of carbonyl (C=O) groups is 1. The molecule has 23 heavy (non-hydrogen) atoms. The highest BCUT2D eigenvalue weighted by molar-refractivity contribution is 9.10. The number of nitrogens with zero attached hydrogens (tertiary/aromatic N) is 2. The van der Waals surface area contributed by atoms with Gasteiger partial charge < -0.3 is 15.2 Å². The monoisotopic (exact) mass is 383 g/mol. The van der Waals surface area contributed by atoms with Crippen LogP contribution in [0.3, 0.4) is 0 Å². The van der Waals surface area contributed by atoms with E-state index in [1.165, 1.54) is 38.4 Å². The van der Waals surface area contributed by atoms with Gasteiger partial charge in [0.25, 0.3) is 17.0 Å². The molecule has 3 N–H and O–H groups in total. The average molecular weight is 384 g/mol. The first-order valence-electron chi connectivity index (χ1n) is 6.42. The van der Waals surface area contributed by atoms with Crippen molar-refractivity contribution in [3.63, 3.8) is 0 Å². The lowest BCUT2D eigenvalue weighted by Crippen LogP contribution is -2.31. The number of amides is 1. The van der Waals surface area contributed by atoms with E-state index in [2.05, 4.69) is 31.3 Å². The molecule has 0 radical (unpaired) electrons. The topological polar surface area (TPSA) is 120 Å². The molecule has 0 aliphatic heterocycles. The Bertz CT molecular complexity index is 941. The number of aryl methyl sites for hydroxylation is 1. The van der Waals surface area contributed by atoms with E-state index in [0.29, 0.717) is 0 Å². The summed E-state index contributed by atoms with van der Waals surface area (Å²) >= 11 is 3.03. The molecule has 0 spiro atoms. The zero-order valence-electron chi connectivity index (χ0n) is 12.6. The maximum Gasteiger partial charge on any atom is 0.287 e. The second-order valence-electron chi connectivity index (χ2n) is 4.93. The fraction of sp³-hybridized carbons (Fsp3) is 0.231. The van der Waals surface area contributed by atoms with E-state index >= 15 is 0 Å². The number of aromatic nitrogens is 3. The summed E-state index contributed by atoms with van der Waals surface area (Å²) in [7, 11) is 4.43. The van der Waals surface area contributed by atoms with Crippen LogP contribution in [0.15, 0.2) is 31.3 Å².